The molecule has 3 rings (SSSR count). The number of aromatic nitrogens is 2. The summed E-state index contributed by atoms with van der Waals surface area (Å²) in [6, 6.07) is 12.9. The van der Waals surface area contributed by atoms with Crippen LogP contribution in [-0.2, 0) is 6.54 Å². The Bertz CT molecular complexity index is 1000. The van der Waals surface area contributed by atoms with Crippen molar-refractivity contribution in [1.82, 2.24) is 15.2 Å². The van der Waals surface area contributed by atoms with Gasteiger partial charge in [-0.05, 0) is 45.8 Å². The second-order valence-corrected chi connectivity index (χ2v) is 8.13. The lowest BCUT2D eigenvalue weighted by Gasteiger charge is -2.02. The van der Waals surface area contributed by atoms with Crippen molar-refractivity contribution in [2.75, 3.05) is 0 Å². The molecule has 2 aromatic carbocycles. The highest BCUT2D eigenvalue weighted by Crippen LogP contribution is 2.20. The Labute approximate surface area is 182 Å². The van der Waals surface area contributed by atoms with Crippen molar-refractivity contribution in [2.24, 2.45) is 5.10 Å². The van der Waals surface area contributed by atoms with Crippen LogP contribution in [0.5, 0.6) is 0 Å². The van der Waals surface area contributed by atoms with Crippen molar-refractivity contribution < 1.29 is 4.79 Å². The molecule has 0 saturated carbocycles. The standard InChI is InChI=1S/C18H12Br2Cl2N4O/c19-13-4-1-11(2-5-13)9-26-10-15(20)17(25-26)18(27)24-23-8-12-3-6-14(21)7-16(12)22/h1-8,10H,9H2,(H,24,27)/b23-8+. The van der Waals surface area contributed by atoms with Crippen LogP contribution in [0, 0.1) is 0 Å². The van der Waals surface area contributed by atoms with E-state index in [4.69, 9.17) is 23.2 Å². The van der Waals surface area contributed by atoms with Gasteiger partial charge in [0.15, 0.2) is 5.69 Å². The lowest BCUT2D eigenvalue weighted by molar-refractivity contribution is 0.0948. The molecule has 0 aliphatic rings. The molecule has 0 atom stereocenters. The van der Waals surface area contributed by atoms with Crippen LogP contribution in [-0.4, -0.2) is 21.9 Å². The van der Waals surface area contributed by atoms with Gasteiger partial charge in [-0.3, -0.25) is 9.48 Å². The zero-order valence-corrected chi connectivity index (χ0v) is 18.3. The maximum absolute atomic E-state index is 12.3. The van der Waals surface area contributed by atoms with Gasteiger partial charge in [0, 0.05) is 21.3 Å². The number of benzene rings is 2. The summed E-state index contributed by atoms with van der Waals surface area (Å²) in [7, 11) is 0. The average Bonchev–Trinajstić information content (AvgIpc) is 2.99. The van der Waals surface area contributed by atoms with E-state index in [1.165, 1.54) is 6.21 Å². The Morgan fingerprint density at radius 2 is 1.93 bits per heavy atom. The van der Waals surface area contributed by atoms with Gasteiger partial charge in [0.2, 0.25) is 0 Å². The molecule has 27 heavy (non-hydrogen) atoms. The molecule has 1 N–H and O–H groups in total. The Balaban J connectivity index is 1.67. The minimum atomic E-state index is -0.433. The van der Waals surface area contributed by atoms with Crippen molar-refractivity contribution in [3.8, 4) is 0 Å². The highest BCUT2D eigenvalue weighted by atomic mass is 79.9. The third-order valence-corrected chi connectivity index (χ3v) is 5.19. The summed E-state index contributed by atoms with van der Waals surface area (Å²) in [5.74, 6) is -0.433. The maximum atomic E-state index is 12.3. The predicted molar refractivity (Wildman–Crippen MR) is 115 cm³/mol. The molecule has 3 aromatic rings. The molecule has 1 amide bonds. The molecule has 0 spiro atoms. The Kier molecular flexibility index (Phi) is 6.70. The Morgan fingerprint density at radius 1 is 1.19 bits per heavy atom. The minimum Gasteiger partial charge on any atom is -0.266 e. The third-order valence-electron chi connectivity index (χ3n) is 3.52. The smallest absolute Gasteiger partial charge is 0.266 e. The number of nitrogens with one attached hydrogen (secondary N) is 1. The zero-order chi connectivity index (χ0) is 19.4. The van der Waals surface area contributed by atoms with Crippen LogP contribution in [0.15, 0.2) is 62.7 Å². The van der Waals surface area contributed by atoms with Crippen LogP contribution in [0.4, 0.5) is 0 Å². The Morgan fingerprint density at radius 3 is 2.63 bits per heavy atom. The van der Waals surface area contributed by atoms with E-state index in [1.54, 1.807) is 29.1 Å². The SMILES string of the molecule is O=C(N/N=C/c1ccc(Cl)cc1Cl)c1nn(Cc2ccc(Br)cc2)cc1Br. The van der Waals surface area contributed by atoms with E-state index < -0.39 is 5.91 Å². The fourth-order valence-electron chi connectivity index (χ4n) is 2.23. The lowest BCUT2D eigenvalue weighted by Crippen LogP contribution is -2.19. The van der Waals surface area contributed by atoms with E-state index in [0.29, 0.717) is 26.6 Å². The molecule has 138 valence electrons. The molecular weight excluding hydrogens is 519 g/mol. The monoisotopic (exact) mass is 528 g/mol. The molecule has 0 bridgehead atoms. The second-order valence-electron chi connectivity index (χ2n) is 5.51. The first-order valence-electron chi connectivity index (χ1n) is 7.68. The van der Waals surface area contributed by atoms with E-state index in [2.05, 4.69) is 47.5 Å². The summed E-state index contributed by atoms with van der Waals surface area (Å²) in [4.78, 5) is 12.3. The molecule has 0 aliphatic carbocycles. The first-order valence-corrected chi connectivity index (χ1v) is 10.0. The summed E-state index contributed by atoms with van der Waals surface area (Å²) < 4.78 is 3.27. The van der Waals surface area contributed by atoms with Crippen molar-refractivity contribution in [3.05, 3.63) is 84.5 Å². The van der Waals surface area contributed by atoms with Gasteiger partial charge in [-0.15, -0.1) is 0 Å². The minimum absolute atomic E-state index is 0.242. The van der Waals surface area contributed by atoms with Gasteiger partial charge in [-0.1, -0.05) is 57.3 Å². The molecule has 0 saturated heterocycles. The van der Waals surface area contributed by atoms with E-state index >= 15 is 0 Å². The molecule has 0 fully saturated rings. The first-order chi connectivity index (χ1) is 12.9. The van der Waals surface area contributed by atoms with Gasteiger partial charge in [-0.25, -0.2) is 5.43 Å². The molecule has 0 aliphatic heterocycles. The van der Waals surface area contributed by atoms with E-state index in [-0.39, 0.29) is 5.69 Å². The van der Waals surface area contributed by atoms with Crippen LogP contribution in [0.25, 0.3) is 0 Å². The number of hydrogen-bond donors (Lipinski definition) is 1. The number of rotatable bonds is 5. The van der Waals surface area contributed by atoms with E-state index in [0.717, 1.165) is 10.0 Å². The fourth-order valence-corrected chi connectivity index (χ4v) is 3.45. The highest BCUT2D eigenvalue weighted by Gasteiger charge is 2.15. The highest BCUT2D eigenvalue weighted by molar-refractivity contribution is 9.10. The van der Waals surface area contributed by atoms with Crippen LogP contribution in [0.2, 0.25) is 10.0 Å². The maximum Gasteiger partial charge on any atom is 0.293 e. The number of carbonyl (C=O) groups excluding carboxylic acids is 1. The van der Waals surface area contributed by atoms with E-state index in [1.807, 2.05) is 24.3 Å². The molecule has 9 heteroatoms. The van der Waals surface area contributed by atoms with Crippen molar-refractivity contribution in [3.63, 3.8) is 0 Å². The molecule has 5 nitrogen and oxygen atoms in total. The molecule has 1 aromatic heterocycles. The topological polar surface area (TPSA) is 59.3 Å². The Hall–Kier alpha value is -1.67. The molecule has 0 unspecified atom stereocenters. The van der Waals surface area contributed by atoms with Gasteiger partial charge in [0.1, 0.15) is 0 Å². The van der Waals surface area contributed by atoms with Gasteiger partial charge in [-0.2, -0.15) is 10.2 Å². The number of halogens is 4. The quantitative estimate of drug-likeness (QED) is 0.348. The zero-order valence-electron chi connectivity index (χ0n) is 13.7. The number of hydrazone groups is 1. The van der Waals surface area contributed by atoms with Crippen LogP contribution in [0.3, 0.4) is 0 Å². The summed E-state index contributed by atoms with van der Waals surface area (Å²) >= 11 is 18.7. The summed E-state index contributed by atoms with van der Waals surface area (Å²) in [6.07, 6.45) is 3.19. The number of carbonyl (C=O) groups is 1. The van der Waals surface area contributed by atoms with Gasteiger partial charge in [0.25, 0.3) is 5.91 Å². The fraction of sp³-hybridized carbons (Fsp3) is 0.0556. The summed E-state index contributed by atoms with van der Waals surface area (Å²) in [6.45, 7) is 0.544. The molecule has 1 heterocycles. The van der Waals surface area contributed by atoms with Crippen molar-refractivity contribution in [1.29, 1.82) is 0 Å². The summed E-state index contributed by atoms with van der Waals surface area (Å²) in [5, 5.41) is 9.21. The third kappa shape index (κ3) is 5.42. The number of hydrogen-bond acceptors (Lipinski definition) is 3. The van der Waals surface area contributed by atoms with E-state index in [9.17, 15) is 4.79 Å². The number of amides is 1. The lowest BCUT2D eigenvalue weighted by atomic mass is 10.2. The largest absolute Gasteiger partial charge is 0.293 e. The normalized spacial score (nSPS) is 11.1. The van der Waals surface area contributed by atoms with Gasteiger partial charge < -0.3 is 0 Å². The van der Waals surface area contributed by atoms with Crippen LogP contribution >= 0.6 is 55.1 Å². The molecular formula is C18H12Br2Cl2N4O. The summed E-state index contributed by atoms with van der Waals surface area (Å²) in [5.41, 5.74) is 4.39. The van der Waals surface area contributed by atoms with Gasteiger partial charge in [0.05, 0.1) is 22.3 Å². The average molecular weight is 531 g/mol. The molecule has 0 radical (unpaired) electrons. The van der Waals surface area contributed by atoms with Gasteiger partial charge >= 0.3 is 0 Å². The van der Waals surface area contributed by atoms with Crippen molar-refractivity contribution in [2.45, 2.75) is 6.54 Å². The predicted octanol–water partition coefficient (Wildman–Crippen LogP) is 5.53. The number of nitrogens with zero attached hydrogens (tertiary/aromatic N) is 3. The second kappa shape index (κ2) is 9.01. The van der Waals surface area contributed by atoms with Crippen LogP contribution in [0.1, 0.15) is 21.6 Å². The van der Waals surface area contributed by atoms with Crippen LogP contribution < -0.4 is 5.43 Å². The van der Waals surface area contributed by atoms with Crippen molar-refractivity contribution >= 4 is 67.2 Å². The first kappa shape index (κ1) is 20.1.